The van der Waals surface area contributed by atoms with E-state index in [4.69, 9.17) is 19.4 Å². The molecule has 3 N–H and O–H groups in total. The molecule has 0 spiro atoms. The molecule has 2 fully saturated rings. The summed E-state index contributed by atoms with van der Waals surface area (Å²) in [4.78, 5) is 75.6. The van der Waals surface area contributed by atoms with Crippen molar-refractivity contribution in [1.82, 2.24) is 35.1 Å². The van der Waals surface area contributed by atoms with E-state index >= 15 is 0 Å². The summed E-state index contributed by atoms with van der Waals surface area (Å²) in [6.07, 6.45) is 5.36. The molecule has 0 bridgehead atoms. The monoisotopic (exact) mass is 814 g/mol. The van der Waals surface area contributed by atoms with E-state index in [0.717, 1.165) is 75.9 Å². The quantitative estimate of drug-likeness (QED) is 0.117. The summed E-state index contributed by atoms with van der Waals surface area (Å²) in [5.74, 6) is 0.625. The Kier molecular flexibility index (Phi) is 12.2. The maximum absolute atomic E-state index is 13.8. The molecular formula is C46H54N8O6. The van der Waals surface area contributed by atoms with Crippen LogP contribution in [0.15, 0.2) is 78.0 Å². The number of aromatic nitrogens is 4. The second-order valence-electron chi connectivity index (χ2n) is 16.5. The van der Waals surface area contributed by atoms with Crippen molar-refractivity contribution in [2.24, 2.45) is 16.8 Å². The molecule has 0 unspecified atom stereocenters. The molecule has 14 nitrogen and oxygen atoms in total. The average molecular weight is 815 g/mol. The summed E-state index contributed by atoms with van der Waals surface area (Å²) in [6, 6.07) is 19.8. The van der Waals surface area contributed by atoms with Crippen LogP contribution in [-0.2, 0) is 19.1 Å². The first-order valence-corrected chi connectivity index (χ1v) is 20.7. The first-order chi connectivity index (χ1) is 28.8. The molecular weight excluding hydrogens is 761 g/mol. The predicted molar refractivity (Wildman–Crippen MR) is 230 cm³/mol. The first kappa shape index (κ1) is 41.8. The third-order valence-corrected chi connectivity index (χ3v) is 11.9. The number of nitrogens with zero attached hydrogens (tertiary/aromatic N) is 5. The number of aromatic amines is 2. The van der Waals surface area contributed by atoms with E-state index in [1.54, 1.807) is 11.1 Å². The van der Waals surface area contributed by atoms with Crippen LogP contribution in [0.1, 0.15) is 91.0 Å². The molecule has 5 atom stereocenters. The molecule has 5 aromatic rings. The smallest absolute Gasteiger partial charge is 0.433 e. The minimum absolute atomic E-state index is 0.00184. The lowest BCUT2D eigenvalue weighted by molar-refractivity contribution is -0.137. The number of fused-ring (bicyclic) bond motifs is 1. The van der Waals surface area contributed by atoms with Gasteiger partial charge in [0.05, 0.1) is 50.1 Å². The predicted octanol–water partition coefficient (Wildman–Crippen LogP) is 8.64. The summed E-state index contributed by atoms with van der Waals surface area (Å²) in [5, 5.41) is 4.90. The van der Waals surface area contributed by atoms with Crippen LogP contribution in [0, 0.1) is 11.8 Å². The highest BCUT2D eigenvalue weighted by Crippen LogP contribution is 2.38. The number of nitrogens with one attached hydrogen (secondary N) is 3. The van der Waals surface area contributed by atoms with E-state index in [-0.39, 0.29) is 53.5 Å². The van der Waals surface area contributed by atoms with E-state index in [2.05, 4.69) is 80.9 Å². The van der Waals surface area contributed by atoms with Crippen molar-refractivity contribution in [1.29, 1.82) is 0 Å². The van der Waals surface area contributed by atoms with E-state index in [1.165, 1.54) is 14.2 Å². The molecule has 14 heteroatoms. The lowest BCUT2D eigenvalue weighted by Crippen LogP contribution is -2.52. The summed E-state index contributed by atoms with van der Waals surface area (Å²) < 4.78 is 9.51. The molecule has 4 heterocycles. The number of aliphatic imine (C=N–C) groups is 1. The van der Waals surface area contributed by atoms with Crippen molar-refractivity contribution in [3.05, 3.63) is 84.7 Å². The summed E-state index contributed by atoms with van der Waals surface area (Å²) in [5.41, 5.74) is 6.00. The molecule has 60 heavy (non-hydrogen) atoms. The second kappa shape index (κ2) is 17.5. The van der Waals surface area contributed by atoms with Crippen molar-refractivity contribution < 1.29 is 28.7 Å². The van der Waals surface area contributed by atoms with Crippen LogP contribution in [0.5, 0.6) is 0 Å². The summed E-state index contributed by atoms with van der Waals surface area (Å²) in [6.45, 7) is 11.5. The molecule has 0 aliphatic carbocycles. The maximum atomic E-state index is 13.8. The van der Waals surface area contributed by atoms with Crippen molar-refractivity contribution in [3.63, 3.8) is 0 Å². The fourth-order valence-electron chi connectivity index (χ4n) is 8.52. The van der Waals surface area contributed by atoms with Crippen molar-refractivity contribution in [3.8, 4) is 33.6 Å². The Morgan fingerprint density at radius 2 is 1.22 bits per heavy atom. The fraction of sp³-hybridized carbons (Fsp3) is 0.413. The number of hydrogen-bond donors (Lipinski definition) is 3. The Morgan fingerprint density at radius 3 is 1.78 bits per heavy atom. The van der Waals surface area contributed by atoms with Crippen molar-refractivity contribution >= 4 is 40.5 Å². The maximum Gasteiger partial charge on any atom is 0.433 e. The third-order valence-electron chi connectivity index (χ3n) is 11.9. The van der Waals surface area contributed by atoms with Gasteiger partial charge in [-0.25, -0.2) is 19.6 Å². The van der Waals surface area contributed by atoms with E-state index in [9.17, 15) is 19.2 Å². The highest BCUT2D eigenvalue weighted by Gasteiger charge is 2.42. The summed E-state index contributed by atoms with van der Waals surface area (Å²) >= 11 is 0. The van der Waals surface area contributed by atoms with Gasteiger partial charge in [0, 0.05) is 23.6 Å². The number of H-pyrrole nitrogens is 2. The minimum atomic E-state index is -0.788. The van der Waals surface area contributed by atoms with E-state index < -0.39 is 18.2 Å². The third kappa shape index (κ3) is 8.41. The second-order valence-corrected chi connectivity index (χ2v) is 16.5. The van der Waals surface area contributed by atoms with Crippen LogP contribution < -0.4 is 5.32 Å². The number of methoxy groups -OCH3 is 2. The van der Waals surface area contributed by atoms with E-state index in [1.807, 2.05) is 52.6 Å². The Hall–Kier alpha value is -6.31. The van der Waals surface area contributed by atoms with Crippen LogP contribution in [0.2, 0.25) is 0 Å². The van der Waals surface area contributed by atoms with Crippen molar-refractivity contribution in [2.75, 3.05) is 14.2 Å². The highest BCUT2D eigenvalue weighted by molar-refractivity contribution is 6.40. The Balaban J connectivity index is 1.05. The zero-order valence-corrected chi connectivity index (χ0v) is 35.5. The standard InChI is InChI=1S/C46H54N8O6/c1-25(2)39(51-45(57)59-7)43(55)53-27(5)9-19-37(53)41-47-23-35(49-41)30-13-11-29(12-14-30)31-15-16-33-22-34(18-17-32(33)21-31)36-24-48-42(50-36)38-20-10-28(6)54(38)44(56)40(26(3)4)52-46(58)60-8/h11-18,21-28,37-38,40H,9-10,19-20H2,1-8H3,(H,47,49)(H,48,50)(H,52,58)/t27-,28-,37+,38+,40+/m1/s1. The first-order valence-electron chi connectivity index (χ1n) is 20.7. The van der Waals surface area contributed by atoms with Gasteiger partial charge in [-0.3, -0.25) is 9.59 Å². The Bertz CT molecular complexity index is 2420. The molecule has 4 amide bonds. The number of hydrogen-bond acceptors (Lipinski definition) is 8. The SMILES string of the molecule is COC(=O)N=C(C(=O)N1[C@H](C)CC[C@H]1c1ncc(-c2ccc(-c3ccc4cc(-c5cnc([C@@H]6CC[C@@H](C)N6C(=O)[C@@H](NC(=O)OC)C(C)C)[nH]5)ccc4c3)cc2)[nH]1)C(C)C. The van der Waals surface area contributed by atoms with Gasteiger partial charge in [-0.1, -0.05) is 76.2 Å². The molecule has 2 aliphatic rings. The number of imidazole rings is 2. The number of ether oxygens (including phenoxy) is 2. The van der Waals surface area contributed by atoms with Crippen LogP contribution in [-0.4, -0.2) is 91.8 Å². The number of likely N-dealkylation sites (tertiary alicyclic amines) is 2. The molecule has 0 radical (unpaired) electrons. The fourth-order valence-corrected chi connectivity index (χ4v) is 8.52. The number of carbonyl (C=O) groups is 4. The Morgan fingerprint density at radius 1 is 0.700 bits per heavy atom. The van der Waals surface area contributed by atoms with Crippen LogP contribution in [0.25, 0.3) is 44.4 Å². The minimum Gasteiger partial charge on any atom is -0.453 e. The Labute approximate surface area is 350 Å². The zero-order chi connectivity index (χ0) is 42.8. The largest absolute Gasteiger partial charge is 0.453 e. The lowest BCUT2D eigenvalue weighted by Gasteiger charge is -2.32. The molecule has 2 saturated heterocycles. The van der Waals surface area contributed by atoms with Crippen LogP contribution >= 0.6 is 0 Å². The number of carbonyl (C=O) groups excluding carboxylic acids is 4. The topological polar surface area (TPSA) is 175 Å². The van der Waals surface area contributed by atoms with Crippen molar-refractivity contribution in [2.45, 2.75) is 97.4 Å². The number of rotatable bonds is 10. The van der Waals surface area contributed by atoms with Crippen LogP contribution in [0.4, 0.5) is 9.59 Å². The van der Waals surface area contributed by atoms with Gasteiger partial charge >= 0.3 is 12.2 Å². The number of amides is 4. The highest BCUT2D eigenvalue weighted by atomic mass is 16.5. The molecule has 0 saturated carbocycles. The van der Waals surface area contributed by atoms with Gasteiger partial charge in [-0.2, -0.15) is 4.99 Å². The van der Waals surface area contributed by atoms with Gasteiger partial charge in [0.1, 0.15) is 23.4 Å². The zero-order valence-electron chi connectivity index (χ0n) is 35.5. The number of alkyl carbamates (subject to hydrolysis) is 1. The van der Waals surface area contributed by atoms with Crippen LogP contribution in [0.3, 0.4) is 0 Å². The van der Waals surface area contributed by atoms with E-state index in [0.29, 0.717) is 5.82 Å². The molecule has 2 aromatic heterocycles. The normalized spacial score (nSPS) is 19.9. The molecule has 2 aliphatic heterocycles. The average Bonchev–Trinajstić information content (AvgIpc) is 4.08. The van der Waals surface area contributed by atoms with Gasteiger partial charge in [0.15, 0.2) is 0 Å². The van der Waals surface area contributed by atoms with Gasteiger partial charge in [-0.15, -0.1) is 0 Å². The lowest BCUT2D eigenvalue weighted by atomic mass is 9.98. The molecule has 314 valence electrons. The van der Waals surface area contributed by atoms with Gasteiger partial charge in [0.2, 0.25) is 5.91 Å². The molecule has 7 rings (SSSR count). The van der Waals surface area contributed by atoms with Gasteiger partial charge < -0.3 is 34.6 Å². The summed E-state index contributed by atoms with van der Waals surface area (Å²) in [7, 11) is 2.54. The number of benzene rings is 3. The van der Waals surface area contributed by atoms with Gasteiger partial charge in [-0.05, 0) is 85.0 Å². The van der Waals surface area contributed by atoms with Gasteiger partial charge in [0.25, 0.3) is 5.91 Å². The molecule has 3 aromatic carbocycles.